The van der Waals surface area contributed by atoms with Crippen molar-refractivity contribution in [1.29, 1.82) is 0 Å². The van der Waals surface area contributed by atoms with E-state index in [0.717, 1.165) is 0 Å². The number of carbonyl (C=O) groups is 2. The van der Waals surface area contributed by atoms with Gasteiger partial charge in [-0.25, -0.2) is 0 Å². The lowest BCUT2D eigenvalue weighted by molar-refractivity contribution is -0.147. The summed E-state index contributed by atoms with van der Waals surface area (Å²) in [4.78, 5) is 23.3. The van der Waals surface area contributed by atoms with Gasteiger partial charge in [-0.15, -0.1) is 0 Å². The lowest BCUT2D eigenvalue weighted by Crippen LogP contribution is -2.33. The SMILES string of the molecule is CC(C)Oc1cc(Cl)ccc1NC(=O)C(C(=O)O)C(C)C. The second-order valence-electron chi connectivity index (χ2n) is 5.36. The van der Waals surface area contributed by atoms with Crippen LogP contribution in [0.4, 0.5) is 5.69 Å². The highest BCUT2D eigenvalue weighted by Gasteiger charge is 2.30. The molecule has 1 rings (SSSR count). The van der Waals surface area contributed by atoms with E-state index < -0.39 is 17.8 Å². The fourth-order valence-electron chi connectivity index (χ4n) is 1.86. The molecule has 2 N–H and O–H groups in total. The molecule has 0 spiro atoms. The predicted molar refractivity (Wildman–Crippen MR) is 81.8 cm³/mol. The van der Waals surface area contributed by atoms with Crippen molar-refractivity contribution in [2.45, 2.75) is 33.8 Å². The van der Waals surface area contributed by atoms with Gasteiger partial charge in [0.25, 0.3) is 0 Å². The number of hydrogen-bond donors (Lipinski definition) is 2. The molecule has 6 heteroatoms. The molecule has 0 heterocycles. The van der Waals surface area contributed by atoms with E-state index in [9.17, 15) is 9.59 Å². The molecule has 0 aliphatic heterocycles. The van der Waals surface area contributed by atoms with Gasteiger partial charge in [0.1, 0.15) is 11.7 Å². The van der Waals surface area contributed by atoms with Crippen molar-refractivity contribution < 1.29 is 19.4 Å². The first-order chi connectivity index (χ1) is 9.72. The van der Waals surface area contributed by atoms with Gasteiger partial charge < -0.3 is 15.2 Å². The van der Waals surface area contributed by atoms with E-state index in [1.54, 1.807) is 32.0 Å². The second kappa shape index (κ2) is 7.31. The summed E-state index contributed by atoms with van der Waals surface area (Å²) in [6, 6.07) is 4.79. The summed E-state index contributed by atoms with van der Waals surface area (Å²) in [5.41, 5.74) is 0.407. The van der Waals surface area contributed by atoms with E-state index in [1.165, 1.54) is 0 Å². The Hall–Kier alpha value is -1.75. The highest BCUT2D eigenvalue weighted by Crippen LogP contribution is 2.30. The molecule has 116 valence electrons. The maximum absolute atomic E-state index is 12.1. The Morgan fingerprint density at radius 3 is 2.33 bits per heavy atom. The predicted octanol–water partition coefficient (Wildman–Crippen LogP) is 3.42. The molecule has 0 aliphatic rings. The van der Waals surface area contributed by atoms with Crippen molar-refractivity contribution in [3.05, 3.63) is 23.2 Å². The number of carbonyl (C=O) groups excluding carboxylic acids is 1. The first-order valence-electron chi connectivity index (χ1n) is 6.72. The first kappa shape index (κ1) is 17.3. The fraction of sp³-hybridized carbons (Fsp3) is 0.467. The average Bonchev–Trinajstić information content (AvgIpc) is 2.30. The second-order valence-corrected chi connectivity index (χ2v) is 5.79. The third kappa shape index (κ3) is 4.93. The van der Waals surface area contributed by atoms with Crippen LogP contribution < -0.4 is 10.1 Å². The Morgan fingerprint density at radius 1 is 1.24 bits per heavy atom. The van der Waals surface area contributed by atoms with Crippen LogP contribution in [-0.4, -0.2) is 23.1 Å². The number of carboxylic acid groups (broad SMARTS) is 1. The molecule has 0 fully saturated rings. The molecule has 1 aromatic carbocycles. The number of halogens is 1. The number of nitrogens with one attached hydrogen (secondary N) is 1. The van der Waals surface area contributed by atoms with E-state index in [1.807, 2.05) is 13.8 Å². The quantitative estimate of drug-likeness (QED) is 0.789. The van der Waals surface area contributed by atoms with Crippen LogP contribution in [0, 0.1) is 11.8 Å². The molecule has 1 unspecified atom stereocenters. The van der Waals surface area contributed by atoms with Gasteiger partial charge in [-0.1, -0.05) is 25.4 Å². The zero-order valence-corrected chi connectivity index (χ0v) is 13.3. The number of hydrogen-bond acceptors (Lipinski definition) is 3. The van der Waals surface area contributed by atoms with Crippen LogP contribution in [0.2, 0.25) is 5.02 Å². The topological polar surface area (TPSA) is 75.6 Å². The molecule has 1 amide bonds. The van der Waals surface area contributed by atoms with Gasteiger partial charge in [-0.3, -0.25) is 9.59 Å². The fourth-order valence-corrected chi connectivity index (χ4v) is 2.02. The van der Waals surface area contributed by atoms with Gasteiger partial charge in [0, 0.05) is 11.1 Å². The molecule has 21 heavy (non-hydrogen) atoms. The summed E-state index contributed by atoms with van der Waals surface area (Å²) in [6.07, 6.45) is -0.0977. The molecule has 1 atom stereocenters. The van der Waals surface area contributed by atoms with E-state index in [2.05, 4.69) is 5.32 Å². The normalized spacial score (nSPS) is 12.3. The molecule has 0 saturated heterocycles. The molecule has 0 aromatic heterocycles. The molecular weight excluding hydrogens is 294 g/mol. The summed E-state index contributed by atoms with van der Waals surface area (Å²) in [7, 11) is 0. The van der Waals surface area contributed by atoms with Gasteiger partial charge in [0.15, 0.2) is 0 Å². The monoisotopic (exact) mass is 313 g/mol. The van der Waals surface area contributed by atoms with Crippen LogP contribution in [0.1, 0.15) is 27.7 Å². The van der Waals surface area contributed by atoms with Crippen LogP contribution in [0.25, 0.3) is 0 Å². The van der Waals surface area contributed by atoms with Crippen molar-refractivity contribution in [2.24, 2.45) is 11.8 Å². The summed E-state index contributed by atoms with van der Waals surface area (Å²) in [5, 5.41) is 12.2. The number of ether oxygens (including phenoxy) is 1. The zero-order valence-electron chi connectivity index (χ0n) is 12.5. The highest BCUT2D eigenvalue weighted by atomic mass is 35.5. The Labute approximate surface area is 129 Å². The molecule has 0 saturated carbocycles. The minimum absolute atomic E-state index is 0.0977. The summed E-state index contributed by atoms with van der Waals surface area (Å²) in [6.45, 7) is 7.07. The van der Waals surface area contributed by atoms with E-state index in [-0.39, 0.29) is 12.0 Å². The maximum atomic E-state index is 12.1. The Bertz CT molecular complexity index is 528. The van der Waals surface area contributed by atoms with Gasteiger partial charge >= 0.3 is 5.97 Å². The minimum Gasteiger partial charge on any atom is -0.489 e. The van der Waals surface area contributed by atoms with Crippen LogP contribution in [-0.2, 0) is 9.59 Å². The van der Waals surface area contributed by atoms with Crippen molar-refractivity contribution in [3.63, 3.8) is 0 Å². The standard InChI is InChI=1S/C15H20ClNO4/c1-8(2)13(15(19)20)14(18)17-11-6-5-10(16)7-12(11)21-9(3)4/h5-9,13H,1-4H3,(H,17,18)(H,19,20). The molecule has 0 aliphatic carbocycles. The average molecular weight is 314 g/mol. The Morgan fingerprint density at radius 2 is 1.86 bits per heavy atom. The van der Waals surface area contributed by atoms with E-state index >= 15 is 0 Å². The van der Waals surface area contributed by atoms with Gasteiger partial charge in [-0.05, 0) is 31.9 Å². The van der Waals surface area contributed by atoms with Crippen molar-refractivity contribution in [3.8, 4) is 5.75 Å². The van der Waals surface area contributed by atoms with Crippen molar-refractivity contribution in [1.82, 2.24) is 0 Å². The van der Waals surface area contributed by atoms with Crippen LogP contribution in [0.5, 0.6) is 5.75 Å². The van der Waals surface area contributed by atoms with Crippen molar-refractivity contribution in [2.75, 3.05) is 5.32 Å². The van der Waals surface area contributed by atoms with Crippen LogP contribution in [0.3, 0.4) is 0 Å². The molecular formula is C15H20ClNO4. The Balaban J connectivity index is 3.01. The minimum atomic E-state index is -1.15. The lowest BCUT2D eigenvalue weighted by atomic mass is 9.95. The molecule has 5 nitrogen and oxygen atoms in total. The third-order valence-corrected chi connectivity index (χ3v) is 3.01. The van der Waals surface area contributed by atoms with Crippen LogP contribution >= 0.6 is 11.6 Å². The van der Waals surface area contributed by atoms with Gasteiger partial charge in [0.05, 0.1) is 11.8 Å². The summed E-state index contributed by atoms with van der Waals surface area (Å²) < 4.78 is 5.58. The van der Waals surface area contributed by atoms with Gasteiger partial charge in [0.2, 0.25) is 5.91 Å². The summed E-state index contributed by atoms with van der Waals surface area (Å²) >= 11 is 5.91. The Kier molecular flexibility index (Phi) is 6.03. The largest absolute Gasteiger partial charge is 0.489 e. The zero-order chi connectivity index (χ0) is 16.2. The van der Waals surface area contributed by atoms with Gasteiger partial charge in [-0.2, -0.15) is 0 Å². The van der Waals surface area contributed by atoms with Crippen LogP contribution in [0.15, 0.2) is 18.2 Å². The number of carboxylic acids is 1. The van der Waals surface area contributed by atoms with E-state index in [4.69, 9.17) is 21.4 Å². The molecule has 0 bridgehead atoms. The first-order valence-corrected chi connectivity index (χ1v) is 7.10. The lowest BCUT2D eigenvalue weighted by Gasteiger charge is -2.19. The van der Waals surface area contributed by atoms with E-state index in [0.29, 0.717) is 16.5 Å². The number of aliphatic carboxylic acids is 1. The number of rotatable bonds is 6. The molecule has 1 aromatic rings. The third-order valence-electron chi connectivity index (χ3n) is 2.78. The number of amides is 1. The maximum Gasteiger partial charge on any atom is 0.316 e. The smallest absolute Gasteiger partial charge is 0.316 e. The molecule has 0 radical (unpaired) electrons. The number of anilines is 1. The van der Waals surface area contributed by atoms with Crippen molar-refractivity contribution >= 4 is 29.2 Å². The summed E-state index contributed by atoms with van der Waals surface area (Å²) in [5.74, 6) is -2.74. The highest BCUT2D eigenvalue weighted by molar-refractivity contribution is 6.30. The number of benzene rings is 1.